The molecule has 0 fully saturated rings. The van der Waals surface area contributed by atoms with Gasteiger partial charge < -0.3 is 0 Å². The number of aryl methyl sites for hydroxylation is 2. The quantitative estimate of drug-likeness (QED) is 0.117. The number of fused-ring (bicyclic) bond motifs is 5. The van der Waals surface area contributed by atoms with Crippen LogP contribution in [0.1, 0.15) is 82.3 Å². The van der Waals surface area contributed by atoms with Crippen molar-refractivity contribution in [1.29, 1.82) is 0 Å². The van der Waals surface area contributed by atoms with Gasteiger partial charge in [-0.25, -0.2) is 0 Å². The Labute approximate surface area is 209 Å². The van der Waals surface area contributed by atoms with Crippen LogP contribution in [0.2, 0.25) is 6.04 Å². The molecule has 0 saturated carbocycles. The third-order valence-corrected chi connectivity index (χ3v) is 9.19. The molecular formula is C28H37Cl3Si. The molecule has 0 saturated heterocycles. The summed E-state index contributed by atoms with van der Waals surface area (Å²) in [6, 6.07) is 16.5. The molecule has 0 radical (unpaired) electrons. The van der Waals surface area contributed by atoms with Crippen LogP contribution < -0.4 is 0 Å². The largest absolute Gasteiger partial charge is 0.341 e. The maximum atomic E-state index is 5.78. The summed E-state index contributed by atoms with van der Waals surface area (Å²) in [4.78, 5) is 0. The fraction of sp³-hybridized carbons (Fsp3) is 0.500. The molecule has 1 aliphatic rings. The third-order valence-electron chi connectivity index (χ3n) is 6.57. The molecule has 32 heavy (non-hydrogen) atoms. The first-order valence-corrected chi connectivity index (χ1v) is 17.7. The molecule has 0 unspecified atom stereocenters. The summed E-state index contributed by atoms with van der Waals surface area (Å²) in [7, 11) is 0. The first kappa shape index (κ1) is 25.9. The minimum absolute atomic E-state index is 0.826. The molecule has 3 aromatic carbocycles. The zero-order chi connectivity index (χ0) is 22.8. The van der Waals surface area contributed by atoms with Gasteiger partial charge >= 0.3 is 6.00 Å². The van der Waals surface area contributed by atoms with Crippen LogP contribution >= 0.6 is 33.2 Å². The number of benzene rings is 3. The maximum Gasteiger partial charge on any atom is 0.341 e. The van der Waals surface area contributed by atoms with Crippen molar-refractivity contribution in [2.75, 3.05) is 0 Å². The summed E-state index contributed by atoms with van der Waals surface area (Å²) in [5, 5.41) is 5.64. The molecule has 1 aliphatic carbocycles. The number of halogens is 3. The molecular weight excluding hydrogens is 471 g/mol. The van der Waals surface area contributed by atoms with Crippen LogP contribution in [0.25, 0.3) is 21.5 Å². The second-order valence-corrected chi connectivity index (χ2v) is 18.4. The van der Waals surface area contributed by atoms with E-state index in [1.165, 1.54) is 92.2 Å². The predicted molar refractivity (Wildman–Crippen MR) is 149 cm³/mol. The normalized spacial score (nSPS) is 13.6. The van der Waals surface area contributed by atoms with Crippen molar-refractivity contribution in [3.05, 3.63) is 59.7 Å². The van der Waals surface area contributed by atoms with Crippen LogP contribution in [0.15, 0.2) is 48.5 Å². The van der Waals surface area contributed by atoms with Crippen molar-refractivity contribution in [3.8, 4) is 0 Å². The van der Waals surface area contributed by atoms with Crippen LogP contribution in [-0.4, -0.2) is 6.00 Å². The van der Waals surface area contributed by atoms with Gasteiger partial charge in [-0.1, -0.05) is 107 Å². The number of hydrogen-bond acceptors (Lipinski definition) is 0. The van der Waals surface area contributed by atoms with Crippen molar-refractivity contribution < 1.29 is 0 Å². The smallest absolute Gasteiger partial charge is 0.126 e. The van der Waals surface area contributed by atoms with E-state index in [1.807, 2.05) is 0 Å². The molecule has 3 aromatic rings. The highest BCUT2D eigenvalue weighted by Gasteiger charge is 2.23. The lowest BCUT2D eigenvalue weighted by molar-refractivity contribution is 0.585. The second kappa shape index (κ2) is 13.2. The van der Waals surface area contributed by atoms with Crippen LogP contribution in [0.3, 0.4) is 0 Å². The van der Waals surface area contributed by atoms with Crippen molar-refractivity contribution in [2.45, 2.75) is 90.0 Å². The highest BCUT2D eigenvalue weighted by Crippen LogP contribution is 2.33. The molecule has 0 bridgehead atoms. The standard InChI is InChI=1S/C18H16.C10H21Cl3Si/c1-3-7-15-13(5-1)9-11-18-16-8-4-2-6-14(16)10-12-17(15)18;1-2-3-4-5-6-7-8-9-10-14(11,12)13/h1,3,5,7,9-12H,2,4,6,8H2;2-10H2,1H3. The van der Waals surface area contributed by atoms with Crippen molar-refractivity contribution in [1.82, 2.24) is 0 Å². The Kier molecular flexibility index (Phi) is 10.7. The van der Waals surface area contributed by atoms with E-state index in [0.29, 0.717) is 0 Å². The number of rotatable bonds is 9. The molecule has 0 spiro atoms. The fourth-order valence-electron chi connectivity index (χ4n) is 4.80. The molecule has 0 heterocycles. The summed E-state index contributed by atoms with van der Waals surface area (Å²) in [5.74, 6) is 0. The molecule has 174 valence electrons. The molecule has 0 aliphatic heterocycles. The van der Waals surface area contributed by atoms with Crippen LogP contribution in [0.5, 0.6) is 0 Å². The predicted octanol–water partition coefficient (Wildman–Crippen LogP) is 10.7. The minimum atomic E-state index is -2.32. The monoisotopic (exact) mass is 506 g/mol. The molecule has 0 aromatic heterocycles. The lowest BCUT2D eigenvalue weighted by atomic mass is 9.86. The third kappa shape index (κ3) is 7.94. The van der Waals surface area contributed by atoms with Crippen LogP contribution in [0, 0.1) is 0 Å². The first-order chi connectivity index (χ1) is 15.5. The van der Waals surface area contributed by atoms with Gasteiger partial charge in [0.05, 0.1) is 0 Å². The van der Waals surface area contributed by atoms with Crippen molar-refractivity contribution in [2.24, 2.45) is 0 Å². The Hall–Kier alpha value is -0.733. The fourth-order valence-corrected chi connectivity index (χ4v) is 6.66. The lowest BCUT2D eigenvalue weighted by Gasteiger charge is -2.18. The van der Waals surface area contributed by atoms with E-state index in [2.05, 4.69) is 55.5 Å². The van der Waals surface area contributed by atoms with Crippen molar-refractivity contribution in [3.63, 3.8) is 0 Å². The van der Waals surface area contributed by atoms with E-state index in [9.17, 15) is 0 Å². The Morgan fingerprint density at radius 1 is 0.656 bits per heavy atom. The Morgan fingerprint density at radius 3 is 2.06 bits per heavy atom. The number of unbranched alkanes of at least 4 members (excludes halogenated alkanes) is 7. The Balaban J connectivity index is 0.000000189. The van der Waals surface area contributed by atoms with E-state index >= 15 is 0 Å². The van der Waals surface area contributed by atoms with E-state index in [4.69, 9.17) is 33.2 Å². The molecule has 0 N–H and O–H groups in total. The zero-order valence-corrected chi connectivity index (χ0v) is 22.7. The van der Waals surface area contributed by atoms with Gasteiger partial charge in [0, 0.05) is 0 Å². The number of hydrogen-bond donors (Lipinski definition) is 0. The molecule has 4 rings (SSSR count). The average Bonchev–Trinajstić information content (AvgIpc) is 2.80. The first-order valence-electron chi connectivity index (χ1n) is 12.5. The van der Waals surface area contributed by atoms with Gasteiger partial charge in [-0.05, 0) is 64.4 Å². The lowest BCUT2D eigenvalue weighted by Crippen LogP contribution is -2.07. The minimum Gasteiger partial charge on any atom is -0.126 e. The van der Waals surface area contributed by atoms with Gasteiger partial charge in [-0.3, -0.25) is 0 Å². The topological polar surface area (TPSA) is 0 Å². The summed E-state index contributed by atoms with van der Waals surface area (Å²) in [6.45, 7) is 2.24. The van der Waals surface area contributed by atoms with E-state index in [-0.39, 0.29) is 0 Å². The van der Waals surface area contributed by atoms with E-state index < -0.39 is 6.00 Å². The van der Waals surface area contributed by atoms with E-state index in [1.54, 1.807) is 11.1 Å². The summed E-state index contributed by atoms with van der Waals surface area (Å²) >= 11 is 17.4. The SMILES string of the molecule is CCCCCCCCCC[Si](Cl)(Cl)Cl.c1ccc2c(c1)ccc1c3c(ccc12)CCCC3. The highest BCUT2D eigenvalue weighted by atomic mass is 35.8. The van der Waals surface area contributed by atoms with Crippen LogP contribution in [-0.2, 0) is 12.8 Å². The molecule has 0 atom stereocenters. The average molecular weight is 508 g/mol. The summed E-state index contributed by atoms with van der Waals surface area (Å²) in [6.07, 6.45) is 15.6. The van der Waals surface area contributed by atoms with Gasteiger partial charge in [0.25, 0.3) is 0 Å². The zero-order valence-electron chi connectivity index (χ0n) is 19.4. The Morgan fingerprint density at radius 2 is 1.31 bits per heavy atom. The summed E-state index contributed by atoms with van der Waals surface area (Å²) in [5.41, 5.74) is 3.17. The van der Waals surface area contributed by atoms with Gasteiger partial charge in [0.15, 0.2) is 0 Å². The summed E-state index contributed by atoms with van der Waals surface area (Å²) < 4.78 is 0. The molecule has 0 nitrogen and oxygen atoms in total. The van der Waals surface area contributed by atoms with Gasteiger partial charge in [-0.15, -0.1) is 33.2 Å². The van der Waals surface area contributed by atoms with Gasteiger partial charge in [-0.2, -0.15) is 0 Å². The van der Waals surface area contributed by atoms with Crippen molar-refractivity contribution >= 4 is 60.8 Å². The maximum absolute atomic E-state index is 5.78. The van der Waals surface area contributed by atoms with Gasteiger partial charge in [0.1, 0.15) is 0 Å². The second-order valence-electron chi connectivity index (χ2n) is 9.13. The highest BCUT2D eigenvalue weighted by molar-refractivity contribution is 7.64. The molecule has 4 heteroatoms. The van der Waals surface area contributed by atoms with Crippen LogP contribution in [0.4, 0.5) is 0 Å². The van der Waals surface area contributed by atoms with E-state index in [0.717, 1.165) is 12.5 Å². The van der Waals surface area contributed by atoms with Gasteiger partial charge in [0.2, 0.25) is 0 Å². The molecule has 0 amide bonds. The Bertz CT molecular complexity index is 977.